The molecular weight excluding hydrogens is 236 g/mol. The number of aromatic nitrogens is 4. The summed E-state index contributed by atoms with van der Waals surface area (Å²) in [6, 6.07) is 8.32. The third kappa shape index (κ3) is 2.14. The Morgan fingerprint density at radius 1 is 1.21 bits per heavy atom. The summed E-state index contributed by atoms with van der Waals surface area (Å²) >= 11 is 0. The van der Waals surface area contributed by atoms with Crippen molar-refractivity contribution in [1.82, 2.24) is 19.1 Å². The second-order valence-electron chi connectivity index (χ2n) is 4.85. The quantitative estimate of drug-likeness (QED) is 0.717. The molecule has 2 aromatic heterocycles. The standard InChI is InChI=1S/C15H18N4/c1-3-6-15-17-13-7-4-5-8-14(13)19(15)10-12-9-16-11-18(12)2/h4-5,7-9,11H,3,6,10H2,1-2H3. The van der Waals surface area contributed by atoms with Crippen molar-refractivity contribution in [3.05, 3.63) is 48.3 Å². The van der Waals surface area contributed by atoms with Crippen molar-refractivity contribution in [2.24, 2.45) is 7.05 Å². The van der Waals surface area contributed by atoms with Gasteiger partial charge in [-0.3, -0.25) is 0 Å². The summed E-state index contributed by atoms with van der Waals surface area (Å²) in [6.45, 7) is 3.01. The minimum absolute atomic E-state index is 0.826. The number of nitrogens with zero attached hydrogens (tertiary/aromatic N) is 4. The van der Waals surface area contributed by atoms with Gasteiger partial charge in [0.05, 0.1) is 29.6 Å². The van der Waals surface area contributed by atoms with Gasteiger partial charge in [0.15, 0.2) is 0 Å². The molecule has 0 aliphatic rings. The summed E-state index contributed by atoms with van der Waals surface area (Å²) in [5.41, 5.74) is 3.47. The van der Waals surface area contributed by atoms with Crippen LogP contribution < -0.4 is 0 Å². The molecule has 3 aromatic rings. The van der Waals surface area contributed by atoms with Crippen molar-refractivity contribution in [3.8, 4) is 0 Å². The van der Waals surface area contributed by atoms with Gasteiger partial charge in [-0.1, -0.05) is 19.1 Å². The van der Waals surface area contributed by atoms with E-state index in [2.05, 4.69) is 39.2 Å². The summed E-state index contributed by atoms with van der Waals surface area (Å²) in [7, 11) is 2.03. The highest BCUT2D eigenvalue weighted by molar-refractivity contribution is 5.76. The fourth-order valence-electron chi connectivity index (χ4n) is 2.42. The first-order chi connectivity index (χ1) is 9.29. The Morgan fingerprint density at radius 2 is 2.05 bits per heavy atom. The molecule has 98 valence electrons. The zero-order valence-electron chi connectivity index (χ0n) is 11.4. The van der Waals surface area contributed by atoms with Gasteiger partial charge < -0.3 is 9.13 Å². The van der Waals surface area contributed by atoms with Crippen molar-refractivity contribution in [2.45, 2.75) is 26.3 Å². The second kappa shape index (κ2) is 4.88. The predicted octanol–water partition coefficient (Wildman–Crippen LogP) is 2.77. The van der Waals surface area contributed by atoms with E-state index in [0.717, 1.165) is 30.7 Å². The molecule has 0 unspecified atom stereocenters. The molecule has 0 aliphatic heterocycles. The Labute approximate surface area is 112 Å². The maximum absolute atomic E-state index is 4.75. The fraction of sp³-hybridized carbons (Fsp3) is 0.333. The molecular formula is C15H18N4. The summed E-state index contributed by atoms with van der Waals surface area (Å²) in [5.74, 6) is 1.16. The lowest BCUT2D eigenvalue weighted by atomic mass is 10.3. The smallest absolute Gasteiger partial charge is 0.110 e. The Balaban J connectivity index is 2.09. The third-order valence-electron chi connectivity index (χ3n) is 3.44. The van der Waals surface area contributed by atoms with E-state index in [4.69, 9.17) is 4.98 Å². The van der Waals surface area contributed by atoms with Crippen LogP contribution in [0.1, 0.15) is 24.9 Å². The van der Waals surface area contributed by atoms with E-state index < -0.39 is 0 Å². The fourth-order valence-corrected chi connectivity index (χ4v) is 2.42. The average molecular weight is 254 g/mol. The molecule has 0 aliphatic carbocycles. The Kier molecular flexibility index (Phi) is 3.07. The molecule has 3 rings (SSSR count). The molecule has 2 heterocycles. The molecule has 1 aromatic carbocycles. The van der Waals surface area contributed by atoms with Crippen LogP contribution in [0.15, 0.2) is 36.8 Å². The molecule has 0 bridgehead atoms. The molecule has 0 radical (unpaired) electrons. The van der Waals surface area contributed by atoms with Gasteiger partial charge in [-0.15, -0.1) is 0 Å². The number of rotatable bonds is 4. The lowest BCUT2D eigenvalue weighted by molar-refractivity contribution is 0.684. The predicted molar refractivity (Wildman–Crippen MR) is 76.0 cm³/mol. The summed E-state index contributed by atoms with van der Waals surface area (Å²) in [6.07, 6.45) is 5.87. The van der Waals surface area contributed by atoms with Gasteiger partial charge >= 0.3 is 0 Å². The first-order valence-electron chi connectivity index (χ1n) is 6.69. The zero-order chi connectivity index (χ0) is 13.2. The first-order valence-corrected chi connectivity index (χ1v) is 6.69. The van der Waals surface area contributed by atoms with Crippen LogP contribution in [0, 0.1) is 0 Å². The minimum atomic E-state index is 0.826. The van der Waals surface area contributed by atoms with Crippen molar-refractivity contribution in [3.63, 3.8) is 0 Å². The Hall–Kier alpha value is -2.10. The molecule has 0 amide bonds. The van der Waals surface area contributed by atoms with E-state index in [1.165, 1.54) is 11.2 Å². The summed E-state index contributed by atoms with van der Waals surface area (Å²) < 4.78 is 4.36. The van der Waals surface area contributed by atoms with Gasteiger partial charge in [-0.25, -0.2) is 9.97 Å². The number of fused-ring (bicyclic) bond motifs is 1. The maximum Gasteiger partial charge on any atom is 0.110 e. The number of hydrogen-bond acceptors (Lipinski definition) is 2. The molecule has 4 heteroatoms. The first kappa shape index (κ1) is 12.0. The van der Waals surface area contributed by atoms with Crippen LogP contribution in [-0.4, -0.2) is 19.1 Å². The van der Waals surface area contributed by atoms with Crippen molar-refractivity contribution >= 4 is 11.0 Å². The highest BCUT2D eigenvalue weighted by Crippen LogP contribution is 2.18. The molecule has 0 N–H and O–H groups in total. The van der Waals surface area contributed by atoms with Gasteiger partial charge in [0.2, 0.25) is 0 Å². The van der Waals surface area contributed by atoms with Crippen LogP contribution in [0.5, 0.6) is 0 Å². The molecule has 4 nitrogen and oxygen atoms in total. The van der Waals surface area contributed by atoms with Gasteiger partial charge in [-0.05, 0) is 18.6 Å². The van der Waals surface area contributed by atoms with Crippen LogP contribution in [-0.2, 0) is 20.0 Å². The molecule has 0 saturated carbocycles. The highest BCUT2D eigenvalue weighted by atomic mass is 15.1. The topological polar surface area (TPSA) is 35.6 Å². The number of benzene rings is 1. The lowest BCUT2D eigenvalue weighted by Gasteiger charge is -2.09. The number of para-hydroxylation sites is 2. The largest absolute Gasteiger partial charge is 0.336 e. The van der Waals surface area contributed by atoms with Crippen LogP contribution in [0.25, 0.3) is 11.0 Å². The van der Waals surface area contributed by atoms with Crippen LogP contribution in [0.2, 0.25) is 0 Å². The molecule has 0 fully saturated rings. The minimum Gasteiger partial charge on any atom is -0.336 e. The van der Waals surface area contributed by atoms with Gasteiger partial charge in [0, 0.05) is 19.7 Å². The average Bonchev–Trinajstić information content (AvgIpc) is 2.96. The number of aryl methyl sites for hydroxylation is 2. The van der Waals surface area contributed by atoms with Gasteiger partial charge in [0.25, 0.3) is 0 Å². The molecule has 0 saturated heterocycles. The SMILES string of the molecule is CCCc1nc2ccccc2n1Cc1cncn1C. The van der Waals surface area contributed by atoms with E-state index in [1.54, 1.807) is 0 Å². The normalized spacial score (nSPS) is 11.3. The zero-order valence-corrected chi connectivity index (χ0v) is 11.4. The molecule has 19 heavy (non-hydrogen) atoms. The van der Waals surface area contributed by atoms with E-state index in [1.807, 2.05) is 25.6 Å². The molecule has 0 atom stereocenters. The Bertz CT molecular complexity index is 693. The second-order valence-corrected chi connectivity index (χ2v) is 4.85. The van der Waals surface area contributed by atoms with E-state index in [0.29, 0.717) is 0 Å². The third-order valence-corrected chi connectivity index (χ3v) is 3.44. The Morgan fingerprint density at radius 3 is 2.79 bits per heavy atom. The van der Waals surface area contributed by atoms with E-state index >= 15 is 0 Å². The van der Waals surface area contributed by atoms with Crippen molar-refractivity contribution in [2.75, 3.05) is 0 Å². The molecule has 0 spiro atoms. The maximum atomic E-state index is 4.75. The van der Waals surface area contributed by atoms with Crippen molar-refractivity contribution < 1.29 is 0 Å². The monoisotopic (exact) mass is 254 g/mol. The van der Waals surface area contributed by atoms with E-state index in [-0.39, 0.29) is 0 Å². The van der Waals surface area contributed by atoms with Crippen molar-refractivity contribution in [1.29, 1.82) is 0 Å². The summed E-state index contributed by atoms with van der Waals surface area (Å²) in [4.78, 5) is 8.93. The van der Waals surface area contributed by atoms with Crippen LogP contribution in [0.4, 0.5) is 0 Å². The highest BCUT2D eigenvalue weighted by Gasteiger charge is 2.11. The number of imidazole rings is 2. The number of hydrogen-bond donors (Lipinski definition) is 0. The van der Waals surface area contributed by atoms with Gasteiger partial charge in [0.1, 0.15) is 5.82 Å². The van der Waals surface area contributed by atoms with Crippen LogP contribution in [0.3, 0.4) is 0 Å². The van der Waals surface area contributed by atoms with Crippen LogP contribution >= 0.6 is 0 Å². The van der Waals surface area contributed by atoms with E-state index in [9.17, 15) is 0 Å². The lowest BCUT2D eigenvalue weighted by Crippen LogP contribution is -2.08. The van der Waals surface area contributed by atoms with Gasteiger partial charge in [-0.2, -0.15) is 0 Å². The summed E-state index contributed by atoms with van der Waals surface area (Å²) in [5, 5.41) is 0.